The van der Waals surface area contributed by atoms with Crippen LogP contribution in [0.25, 0.3) is 0 Å². The Morgan fingerprint density at radius 3 is 2.41 bits per heavy atom. The average Bonchev–Trinajstić information content (AvgIpc) is 2.19. The quantitative estimate of drug-likeness (QED) is 0.791. The summed E-state index contributed by atoms with van der Waals surface area (Å²) in [6.07, 6.45) is 1.12. The Balaban J connectivity index is 2.41. The summed E-state index contributed by atoms with van der Waals surface area (Å²) in [7, 11) is 0. The molecule has 0 aliphatic carbocycles. The van der Waals surface area contributed by atoms with E-state index < -0.39 is 0 Å². The van der Waals surface area contributed by atoms with Crippen molar-refractivity contribution < 1.29 is 9.18 Å². The van der Waals surface area contributed by atoms with Crippen molar-refractivity contribution in [2.24, 2.45) is 5.73 Å². The largest absolute Gasteiger partial charge is 0.370 e. The van der Waals surface area contributed by atoms with E-state index in [-0.39, 0.29) is 23.8 Å². The fraction of sp³-hybridized carbons (Fsp3) is 0.462. The molecule has 1 amide bonds. The Morgan fingerprint density at radius 2 is 1.88 bits per heavy atom. The van der Waals surface area contributed by atoms with E-state index in [1.807, 2.05) is 13.8 Å². The summed E-state index contributed by atoms with van der Waals surface area (Å²) in [6.45, 7) is 3.95. The Hall–Kier alpha value is -1.42. The van der Waals surface area contributed by atoms with E-state index >= 15 is 0 Å². The van der Waals surface area contributed by atoms with Gasteiger partial charge in [0.25, 0.3) is 0 Å². The van der Waals surface area contributed by atoms with Crippen molar-refractivity contribution >= 4 is 5.91 Å². The molecule has 0 bridgehead atoms. The van der Waals surface area contributed by atoms with Gasteiger partial charge in [-0.1, -0.05) is 12.1 Å². The zero-order valence-corrected chi connectivity index (χ0v) is 10.2. The summed E-state index contributed by atoms with van der Waals surface area (Å²) >= 11 is 0. The molecule has 0 heterocycles. The number of halogens is 1. The summed E-state index contributed by atoms with van der Waals surface area (Å²) in [5.41, 5.74) is 6.18. The highest BCUT2D eigenvalue weighted by atomic mass is 19.1. The van der Waals surface area contributed by atoms with Gasteiger partial charge in [-0.2, -0.15) is 0 Å². The van der Waals surface area contributed by atoms with Gasteiger partial charge in [-0.05, 0) is 38.0 Å². The monoisotopic (exact) mass is 238 g/mol. The van der Waals surface area contributed by atoms with Gasteiger partial charge in [0.15, 0.2) is 0 Å². The van der Waals surface area contributed by atoms with Crippen LogP contribution in [0.15, 0.2) is 24.3 Å². The number of hydrogen-bond acceptors (Lipinski definition) is 2. The standard InChI is InChI=1S/C13H19FN2O/c1-9(16-10(2)8-13(15)17)7-11-3-5-12(14)6-4-11/h3-6,9-10,16H,7-8H2,1-2H3,(H2,15,17). The maximum Gasteiger partial charge on any atom is 0.218 e. The van der Waals surface area contributed by atoms with E-state index in [2.05, 4.69) is 5.32 Å². The molecule has 3 N–H and O–H groups in total. The molecular formula is C13H19FN2O. The fourth-order valence-corrected chi connectivity index (χ4v) is 1.88. The molecule has 2 atom stereocenters. The molecule has 0 saturated heterocycles. The number of rotatable bonds is 6. The minimum atomic E-state index is -0.306. The van der Waals surface area contributed by atoms with E-state index in [9.17, 15) is 9.18 Å². The van der Waals surface area contributed by atoms with Crippen LogP contribution in [-0.4, -0.2) is 18.0 Å². The van der Waals surface area contributed by atoms with Crippen LogP contribution in [0.2, 0.25) is 0 Å². The topological polar surface area (TPSA) is 55.1 Å². The van der Waals surface area contributed by atoms with E-state index in [0.29, 0.717) is 6.42 Å². The predicted octanol–water partition coefficient (Wildman–Crippen LogP) is 1.61. The van der Waals surface area contributed by atoms with E-state index in [0.717, 1.165) is 12.0 Å². The lowest BCUT2D eigenvalue weighted by atomic mass is 10.1. The second-order valence-electron chi connectivity index (χ2n) is 4.47. The summed E-state index contributed by atoms with van der Waals surface area (Å²) in [4.78, 5) is 10.7. The normalized spacial score (nSPS) is 14.3. The molecule has 17 heavy (non-hydrogen) atoms. The third kappa shape index (κ3) is 5.45. The molecule has 1 aromatic rings. The van der Waals surface area contributed by atoms with Crippen molar-refractivity contribution in [1.82, 2.24) is 5.32 Å². The van der Waals surface area contributed by atoms with Crippen LogP contribution in [0.5, 0.6) is 0 Å². The smallest absolute Gasteiger partial charge is 0.218 e. The van der Waals surface area contributed by atoms with Crippen LogP contribution in [0.4, 0.5) is 4.39 Å². The predicted molar refractivity (Wildman–Crippen MR) is 66.0 cm³/mol. The zero-order chi connectivity index (χ0) is 12.8. The maximum atomic E-state index is 12.7. The number of hydrogen-bond donors (Lipinski definition) is 2. The number of nitrogens with one attached hydrogen (secondary N) is 1. The van der Waals surface area contributed by atoms with Gasteiger partial charge in [0.05, 0.1) is 0 Å². The van der Waals surface area contributed by atoms with Gasteiger partial charge in [0, 0.05) is 18.5 Å². The zero-order valence-electron chi connectivity index (χ0n) is 10.2. The molecular weight excluding hydrogens is 219 g/mol. The van der Waals surface area contributed by atoms with Crippen LogP contribution in [-0.2, 0) is 11.2 Å². The van der Waals surface area contributed by atoms with E-state index in [4.69, 9.17) is 5.73 Å². The molecule has 0 aromatic heterocycles. The number of primary amides is 1. The molecule has 2 unspecified atom stereocenters. The first-order valence-electron chi connectivity index (χ1n) is 5.76. The van der Waals surface area contributed by atoms with E-state index in [1.54, 1.807) is 12.1 Å². The van der Waals surface area contributed by atoms with Gasteiger partial charge in [-0.25, -0.2) is 4.39 Å². The van der Waals surface area contributed by atoms with Crippen molar-refractivity contribution in [1.29, 1.82) is 0 Å². The van der Waals surface area contributed by atoms with Gasteiger partial charge in [0.2, 0.25) is 5.91 Å². The molecule has 0 aliphatic heterocycles. The summed E-state index contributed by atoms with van der Waals surface area (Å²) in [5.74, 6) is -0.532. The van der Waals surface area contributed by atoms with Gasteiger partial charge in [-0.3, -0.25) is 4.79 Å². The summed E-state index contributed by atoms with van der Waals surface area (Å²) in [6, 6.07) is 6.72. The summed E-state index contributed by atoms with van der Waals surface area (Å²) in [5, 5.41) is 3.28. The Kier molecular flexibility index (Phi) is 5.10. The Morgan fingerprint density at radius 1 is 1.29 bits per heavy atom. The van der Waals surface area contributed by atoms with Gasteiger partial charge in [-0.15, -0.1) is 0 Å². The fourth-order valence-electron chi connectivity index (χ4n) is 1.88. The molecule has 3 nitrogen and oxygen atoms in total. The molecule has 1 aromatic carbocycles. The molecule has 0 fully saturated rings. The van der Waals surface area contributed by atoms with Gasteiger partial charge < -0.3 is 11.1 Å². The van der Waals surface area contributed by atoms with E-state index in [1.165, 1.54) is 12.1 Å². The average molecular weight is 238 g/mol. The second-order valence-corrected chi connectivity index (χ2v) is 4.47. The van der Waals surface area contributed by atoms with Crippen LogP contribution in [0.1, 0.15) is 25.8 Å². The van der Waals surface area contributed by atoms with Crippen LogP contribution < -0.4 is 11.1 Å². The van der Waals surface area contributed by atoms with Crippen molar-refractivity contribution in [3.63, 3.8) is 0 Å². The lowest BCUT2D eigenvalue weighted by molar-refractivity contribution is -0.118. The van der Waals surface area contributed by atoms with Crippen LogP contribution >= 0.6 is 0 Å². The highest BCUT2D eigenvalue weighted by Crippen LogP contribution is 2.06. The Bertz CT molecular complexity index is 364. The molecule has 0 aliphatic rings. The molecule has 0 saturated carbocycles. The van der Waals surface area contributed by atoms with Crippen molar-refractivity contribution in [3.05, 3.63) is 35.6 Å². The minimum absolute atomic E-state index is 0.0583. The third-order valence-corrected chi connectivity index (χ3v) is 2.53. The molecule has 0 radical (unpaired) electrons. The highest BCUT2D eigenvalue weighted by Gasteiger charge is 2.10. The SMILES string of the molecule is CC(CC(N)=O)NC(C)Cc1ccc(F)cc1. The van der Waals surface area contributed by atoms with Gasteiger partial charge in [0.1, 0.15) is 5.82 Å². The number of amides is 1. The van der Waals surface area contributed by atoms with Crippen molar-refractivity contribution in [2.45, 2.75) is 38.8 Å². The number of benzene rings is 1. The molecule has 94 valence electrons. The molecule has 4 heteroatoms. The van der Waals surface area contributed by atoms with Crippen molar-refractivity contribution in [2.75, 3.05) is 0 Å². The number of nitrogens with two attached hydrogens (primary N) is 1. The highest BCUT2D eigenvalue weighted by molar-refractivity contribution is 5.74. The van der Waals surface area contributed by atoms with Crippen molar-refractivity contribution in [3.8, 4) is 0 Å². The van der Waals surface area contributed by atoms with Crippen LogP contribution in [0.3, 0.4) is 0 Å². The number of carbonyl (C=O) groups is 1. The first kappa shape index (κ1) is 13.6. The first-order valence-corrected chi connectivity index (χ1v) is 5.76. The Labute approximate surface area is 101 Å². The third-order valence-electron chi connectivity index (χ3n) is 2.53. The van der Waals surface area contributed by atoms with Gasteiger partial charge >= 0.3 is 0 Å². The second kappa shape index (κ2) is 6.35. The molecule has 1 rings (SSSR count). The lowest BCUT2D eigenvalue weighted by Crippen LogP contribution is -2.38. The maximum absolute atomic E-state index is 12.7. The van der Waals surface area contributed by atoms with Crippen LogP contribution in [0, 0.1) is 5.82 Å². The minimum Gasteiger partial charge on any atom is -0.370 e. The number of carbonyl (C=O) groups excluding carboxylic acids is 1. The lowest BCUT2D eigenvalue weighted by Gasteiger charge is -2.19. The molecule has 0 spiro atoms. The first-order chi connectivity index (χ1) is 7.97. The summed E-state index contributed by atoms with van der Waals surface area (Å²) < 4.78 is 12.7.